The lowest BCUT2D eigenvalue weighted by molar-refractivity contribution is -0.117. The van der Waals surface area contributed by atoms with Crippen LogP contribution in [0.5, 0.6) is 5.75 Å². The number of likely N-dealkylation sites (tertiary alicyclic amines) is 1. The predicted molar refractivity (Wildman–Crippen MR) is 168 cm³/mol. The number of carbonyl (C=O) groups is 1. The number of amides is 1. The topological polar surface area (TPSA) is 108 Å². The van der Waals surface area contributed by atoms with Crippen molar-refractivity contribution < 1.29 is 14.3 Å². The molecule has 1 aliphatic heterocycles. The third-order valence-corrected chi connectivity index (χ3v) is 8.81. The number of pyridine rings is 1. The largest absolute Gasteiger partial charge is 0.495 e. The average molecular weight is 573 g/mol. The Morgan fingerprint density at radius 3 is 2.36 bits per heavy atom. The molecule has 1 unspecified atom stereocenters. The van der Waals surface area contributed by atoms with Crippen LogP contribution in [-0.4, -0.2) is 63.9 Å². The van der Waals surface area contributed by atoms with Crippen LogP contribution in [0.25, 0.3) is 21.9 Å². The molecule has 1 fully saturated rings. The first-order valence-corrected chi connectivity index (χ1v) is 14.9. The van der Waals surface area contributed by atoms with Gasteiger partial charge in [0.25, 0.3) is 0 Å². The van der Waals surface area contributed by atoms with E-state index in [-0.39, 0.29) is 17.4 Å². The van der Waals surface area contributed by atoms with Gasteiger partial charge >= 0.3 is 6.09 Å². The van der Waals surface area contributed by atoms with Gasteiger partial charge in [-0.25, -0.2) is 14.8 Å². The number of aromatic nitrogens is 3. The SMILES string of the molecule is COc1cc2ccccc2nc1Cn1c(NC2CCN(CC(OC(N)=O)(C(C)C)C(C)(C)C)CC2)nc2ccccc21. The van der Waals surface area contributed by atoms with Crippen LogP contribution >= 0.6 is 0 Å². The zero-order chi connectivity index (χ0) is 30.1. The molecule has 0 saturated carbocycles. The van der Waals surface area contributed by atoms with Crippen LogP contribution in [-0.2, 0) is 11.3 Å². The molecule has 224 valence electrons. The molecular formula is C33H44N6O3. The molecule has 0 bridgehead atoms. The van der Waals surface area contributed by atoms with Gasteiger partial charge in [-0.1, -0.05) is 65.0 Å². The molecule has 2 aromatic carbocycles. The number of rotatable bonds is 9. The second-order valence-electron chi connectivity index (χ2n) is 12.8. The van der Waals surface area contributed by atoms with E-state index in [1.165, 1.54) is 0 Å². The van der Waals surface area contributed by atoms with Crippen molar-refractivity contribution >= 4 is 34.0 Å². The number of imidazole rings is 1. The van der Waals surface area contributed by atoms with E-state index in [1.54, 1.807) is 7.11 Å². The number of nitrogens with zero attached hydrogens (tertiary/aromatic N) is 4. The molecule has 3 heterocycles. The maximum atomic E-state index is 12.0. The van der Waals surface area contributed by atoms with Crippen molar-refractivity contribution in [2.45, 2.75) is 65.6 Å². The summed E-state index contributed by atoms with van der Waals surface area (Å²) in [6.45, 7) is 13.5. The molecule has 0 radical (unpaired) electrons. The summed E-state index contributed by atoms with van der Waals surface area (Å²) in [5, 5.41) is 4.80. The Kier molecular flexibility index (Phi) is 8.32. The van der Waals surface area contributed by atoms with Gasteiger partial charge in [-0.3, -0.25) is 4.90 Å². The first-order valence-electron chi connectivity index (χ1n) is 14.9. The van der Waals surface area contributed by atoms with Gasteiger partial charge in [-0.05, 0) is 43.0 Å². The number of methoxy groups -OCH3 is 1. The van der Waals surface area contributed by atoms with Crippen LogP contribution in [0.4, 0.5) is 10.7 Å². The normalized spacial score (nSPS) is 16.5. The number of primary amides is 1. The third-order valence-electron chi connectivity index (χ3n) is 8.81. The quantitative estimate of drug-likeness (QED) is 0.251. The van der Waals surface area contributed by atoms with E-state index in [1.807, 2.05) is 42.5 Å². The molecule has 42 heavy (non-hydrogen) atoms. The first kappa shape index (κ1) is 29.6. The molecule has 1 saturated heterocycles. The van der Waals surface area contributed by atoms with E-state index >= 15 is 0 Å². The smallest absolute Gasteiger partial charge is 0.405 e. The Morgan fingerprint density at radius 1 is 1.05 bits per heavy atom. The molecule has 0 spiro atoms. The van der Waals surface area contributed by atoms with Gasteiger partial charge in [0.1, 0.15) is 17.0 Å². The van der Waals surface area contributed by atoms with Gasteiger partial charge < -0.3 is 25.1 Å². The number of ether oxygens (including phenoxy) is 2. The molecule has 1 aliphatic rings. The second kappa shape index (κ2) is 11.8. The number of nitrogens with one attached hydrogen (secondary N) is 1. The minimum absolute atomic E-state index is 0.112. The molecule has 9 heteroatoms. The lowest BCUT2D eigenvalue weighted by Crippen LogP contribution is -2.60. The first-order chi connectivity index (χ1) is 20.0. The summed E-state index contributed by atoms with van der Waals surface area (Å²) in [5.74, 6) is 1.70. The molecule has 0 aliphatic carbocycles. The van der Waals surface area contributed by atoms with Crippen LogP contribution < -0.4 is 15.8 Å². The Labute approximate surface area is 248 Å². The number of nitrogens with two attached hydrogens (primary N) is 1. The van der Waals surface area contributed by atoms with Gasteiger partial charge in [0.15, 0.2) is 0 Å². The van der Waals surface area contributed by atoms with E-state index in [2.05, 4.69) is 61.5 Å². The van der Waals surface area contributed by atoms with Gasteiger partial charge in [0.05, 0.1) is 30.2 Å². The summed E-state index contributed by atoms with van der Waals surface area (Å²) in [6, 6.07) is 18.6. The number of hydrogen-bond acceptors (Lipinski definition) is 7. The minimum Gasteiger partial charge on any atom is -0.495 e. The molecule has 4 aromatic rings. The van der Waals surface area contributed by atoms with E-state index in [9.17, 15) is 4.79 Å². The van der Waals surface area contributed by atoms with Crippen LogP contribution in [0.1, 0.15) is 53.2 Å². The fourth-order valence-electron chi connectivity index (χ4n) is 6.44. The second-order valence-corrected chi connectivity index (χ2v) is 12.8. The number of hydrogen-bond donors (Lipinski definition) is 2. The Morgan fingerprint density at radius 2 is 1.71 bits per heavy atom. The zero-order valence-corrected chi connectivity index (χ0v) is 25.7. The number of carbonyl (C=O) groups excluding carboxylic acids is 1. The summed E-state index contributed by atoms with van der Waals surface area (Å²) in [6.07, 6.45) is 1.16. The summed E-state index contributed by atoms with van der Waals surface area (Å²) in [4.78, 5) is 24.3. The maximum absolute atomic E-state index is 12.0. The fraction of sp³-hybridized carbons (Fsp3) is 0.485. The standard InChI is InChI=1S/C33H44N6O3/c1-22(2)33(32(3,4)5,42-30(34)40)21-38-17-15-24(16-18-38)35-31-37-26-13-9-10-14-28(26)39(31)20-27-29(41-6)19-23-11-7-8-12-25(23)36-27/h7-14,19,22,24H,15-18,20-21H2,1-6H3,(H2,34,40)(H,35,37). The monoisotopic (exact) mass is 572 g/mol. The molecule has 5 rings (SSSR count). The molecule has 2 aromatic heterocycles. The zero-order valence-electron chi connectivity index (χ0n) is 25.7. The van der Waals surface area contributed by atoms with Crippen molar-refractivity contribution in [3.8, 4) is 5.75 Å². The van der Waals surface area contributed by atoms with Crippen LogP contribution in [0, 0.1) is 11.3 Å². The van der Waals surface area contributed by atoms with Crippen molar-refractivity contribution in [3.63, 3.8) is 0 Å². The van der Waals surface area contributed by atoms with Crippen molar-refractivity contribution in [1.29, 1.82) is 0 Å². The lowest BCUT2D eigenvalue weighted by Gasteiger charge is -2.49. The molecule has 1 atom stereocenters. The summed E-state index contributed by atoms with van der Waals surface area (Å²) in [5.41, 5.74) is 8.39. The summed E-state index contributed by atoms with van der Waals surface area (Å²) >= 11 is 0. The highest BCUT2D eigenvalue weighted by Crippen LogP contribution is 2.41. The van der Waals surface area contributed by atoms with Crippen LogP contribution in [0.3, 0.4) is 0 Å². The van der Waals surface area contributed by atoms with Crippen LogP contribution in [0.15, 0.2) is 54.6 Å². The van der Waals surface area contributed by atoms with Crippen molar-refractivity contribution in [2.24, 2.45) is 17.1 Å². The number of para-hydroxylation sites is 3. The predicted octanol–water partition coefficient (Wildman–Crippen LogP) is 6.05. The fourth-order valence-corrected chi connectivity index (χ4v) is 6.44. The van der Waals surface area contributed by atoms with Gasteiger partial charge in [-0.15, -0.1) is 0 Å². The summed E-state index contributed by atoms with van der Waals surface area (Å²) in [7, 11) is 1.69. The number of benzene rings is 2. The van der Waals surface area contributed by atoms with Gasteiger partial charge in [0, 0.05) is 36.5 Å². The molecular weight excluding hydrogens is 528 g/mol. The van der Waals surface area contributed by atoms with Crippen molar-refractivity contribution in [2.75, 3.05) is 32.1 Å². The number of fused-ring (bicyclic) bond motifs is 2. The Bertz CT molecular complexity index is 1550. The number of piperidine rings is 1. The van der Waals surface area contributed by atoms with E-state index in [0.29, 0.717) is 13.1 Å². The average Bonchev–Trinajstić information content (AvgIpc) is 3.28. The molecule has 1 amide bonds. The highest BCUT2D eigenvalue weighted by atomic mass is 16.6. The lowest BCUT2D eigenvalue weighted by atomic mass is 9.69. The maximum Gasteiger partial charge on any atom is 0.405 e. The van der Waals surface area contributed by atoms with E-state index < -0.39 is 11.7 Å². The van der Waals surface area contributed by atoms with E-state index in [4.69, 9.17) is 25.2 Å². The van der Waals surface area contributed by atoms with Gasteiger partial charge in [0.2, 0.25) is 5.95 Å². The number of anilines is 1. The summed E-state index contributed by atoms with van der Waals surface area (Å²) < 4.78 is 13.9. The minimum atomic E-state index is -0.716. The molecule has 3 N–H and O–H groups in total. The highest BCUT2D eigenvalue weighted by Gasteiger charge is 2.49. The Hall–Kier alpha value is -3.85. The van der Waals surface area contributed by atoms with Gasteiger partial charge in [-0.2, -0.15) is 0 Å². The van der Waals surface area contributed by atoms with E-state index in [0.717, 1.165) is 65.3 Å². The van der Waals surface area contributed by atoms with Crippen LogP contribution in [0.2, 0.25) is 0 Å². The Balaban J connectivity index is 1.36. The highest BCUT2D eigenvalue weighted by molar-refractivity contribution is 5.81. The molecule has 9 nitrogen and oxygen atoms in total. The van der Waals surface area contributed by atoms with Crippen molar-refractivity contribution in [3.05, 3.63) is 60.3 Å². The third kappa shape index (κ3) is 5.88. The van der Waals surface area contributed by atoms with Crippen molar-refractivity contribution in [1.82, 2.24) is 19.4 Å².